The first kappa shape index (κ1) is 14.7. The van der Waals surface area contributed by atoms with Crippen LogP contribution in [0, 0.1) is 12.8 Å². The molecule has 1 aromatic carbocycles. The minimum absolute atomic E-state index is 0.243. The van der Waals surface area contributed by atoms with Crippen molar-refractivity contribution in [1.82, 2.24) is 5.32 Å². The lowest BCUT2D eigenvalue weighted by molar-refractivity contribution is 0.331. The van der Waals surface area contributed by atoms with E-state index in [0.717, 1.165) is 40.6 Å². The molecule has 1 aliphatic carbocycles. The molecule has 1 heterocycles. The molecule has 3 rings (SSSR count). The molecule has 20 heavy (non-hydrogen) atoms. The highest BCUT2D eigenvalue weighted by Gasteiger charge is 2.43. The molecular weight excluding hydrogens is 336 g/mol. The van der Waals surface area contributed by atoms with E-state index in [-0.39, 0.29) is 5.54 Å². The predicted octanol–water partition coefficient (Wildman–Crippen LogP) is 4.38. The second kappa shape index (κ2) is 5.51. The molecule has 2 nitrogen and oxygen atoms in total. The molecule has 1 saturated carbocycles. The van der Waals surface area contributed by atoms with Crippen molar-refractivity contribution in [2.45, 2.75) is 38.6 Å². The molecule has 0 aromatic heterocycles. The summed E-state index contributed by atoms with van der Waals surface area (Å²) in [5, 5.41) is 4.63. The van der Waals surface area contributed by atoms with Gasteiger partial charge in [-0.15, -0.1) is 0 Å². The number of nitrogens with zero attached hydrogens (tertiary/aromatic N) is 1. The Kier molecular flexibility index (Phi) is 4.04. The fourth-order valence-electron chi connectivity index (χ4n) is 3.25. The van der Waals surface area contributed by atoms with E-state index in [1.165, 1.54) is 24.9 Å². The average molecular weight is 358 g/mol. The maximum atomic E-state index is 6.33. The third-order valence-electron chi connectivity index (χ3n) is 4.70. The molecule has 1 atom stereocenters. The van der Waals surface area contributed by atoms with Crippen molar-refractivity contribution in [3.8, 4) is 0 Å². The van der Waals surface area contributed by atoms with Crippen molar-refractivity contribution < 1.29 is 0 Å². The number of halogens is 2. The van der Waals surface area contributed by atoms with Gasteiger partial charge in [-0.25, -0.2) is 0 Å². The summed E-state index contributed by atoms with van der Waals surface area (Å²) in [7, 11) is 0. The quantitative estimate of drug-likeness (QED) is 0.845. The summed E-state index contributed by atoms with van der Waals surface area (Å²) in [6.07, 6.45) is 3.92. The maximum Gasteiger partial charge on any atom is 0.0526 e. The molecule has 2 fully saturated rings. The summed E-state index contributed by atoms with van der Waals surface area (Å²) in [4.78, 5) is 2.49. The topological polar surface area (TPSA) is 15.3 Å². The van der Waals surface area contributed by atoms with E-state index in [2.05, 4.69) is 52.1 Å². The van der Waals surface area contributed by atoms with Gasteiger partial charge in [-0.3, -0.25) is 0 Å². The Balaban J connectivity index is 1.90. The Morgan fingerprint density at radius 3 is 2.85 bits per heavy atom. The van der Waals surface area contributed by atoms with Gasteiger partial charge in [-0.1, -0.05) is 11.6 Å². The predicted molar refractivity (Wildman–Crippen MR) is 89.9 cm³/mol. The van der Waals surface area contributed by atoms with E-state index in [1.54, 1.807) is 0 Å². The molecule has 1 N–H and O–H groups in total. The van der Waals surface area contributed by atoms with Gasteiger partial charge in [0.2, 0.25) is 0 Å². The molecule has 1 aliphatic heterocycles. The van der Waals surface area contributed by atoms with E-state index in [4.69, 9.17) is 11.6 Å². The number of benzene rings is 1. The first-order valence-electron chi connectivity index (χ1n) is 7.45. The molecule has 0 spiro atoms. The second-order valence-corrected chi connectivity index (χ2v) is 7.71. The fourth-order valence-corrected chi connectivity index (χ4v) is 4.12. The summed E-state index contributed by atoms with van der Waals surface area (Å²) in [6, 6.07) is 4.24. The van der Waals surface area contributed by atoms with Gasteiger partial charge in [-0.05, 0) is 79.2 Å². The SMILES string of the molecule is Cc1cc(Br)c(N2CCCNC(C)(C3CC3)C2)cc1Cl. The van der Waals surface area contributed by atoms with Gasteiger partial charge in [0.25, 0.3) is 0 Å². The normalized spacial score (nSPS) is 27.5. The molecule has 0 radical (unpaired) electrons. The smallest absolute Gasteiger partial charge is 0.0526 e. The van der Waals surface area contributed by atoms with Crippen LogP contribution in [0.1, 0.15) is 31.7 Å². The van der Waals surface area contributed by atoms with Gasteiger partial charge >= 0.3 is 0 Å². The summed E-state index contributed by atoms with van der Waals surface area (Å²) >= 11 is 10.0. The van der Waals surface area contributed by atoms with Crippen LogP contribution in [0.15, 0.2) is 16.6 Å². The van der Waals surface area contributed by atoms with E-state index < -0.39 is 0 Å². The Morgan fingerprint density at radius 2 is 2.15 bits per heavy atom. The van der Waals surface area contributed by atoms with Crippen LogP contribution < -0.4 is 10.2 Å². The van der Waals surface area contributed by atoms with Crippen molar-refractivity contribution in [1.29, 1.82) is 0 Å². The number of hydrogen-bond donors (Lipinski definition) is 1. The third-order valence-corrected chi connectivity index (χ3v) is 5.74. The molecular formula is C16H22BrClN2. The lowest BCUT2D eigenvalue weighted by atomic mass is 9.95. The highest BCUT2D eigenvalue weighted by molar-refractivity contribution is 9.10. The monoisotopic (exact) mass is 356 g/mol. The van der Waals surface area contributed by atoms with Gasteiger partial charge in [-0.2, -0.15) is 0 Å². The van der Waals surface area contributed by atoms with Crippen LogP contribution in [0.5, 0.6) is 0 Å². The number of anilines is 1. The van der Waals surface area contributed by atoms with Gasteiger partial charge < -0.3 is 10.2 Å². The summed E-state index contributed by atoms with van der Waals surface area (Å²) in [6.45, 7) is 7.70. The van der Waals surface area contributed by atoms with Crippen LogP contribution in [0.3, 0.4) is 0 Å². The molecule has 1 aromatic rings. The van der Waals surface area contributed by atoms with Crippen LogP contribution in [-0.2, 0) is 0 Å². The van der Waals surface area contributed by atoms with Crippen LogP contribution in [0.2, 0.25) is 5.02 Å². The largest absolute Gasteiger partial charge is 0.369 e. The van der Waals surface area contributed by atoms with Crippen LogP contribution in [0.25, 0.3) is 0 Å². The first-order chi connectivity index (χ1) is 9.49. The highest BCUT2D eigenvalue weighted by Crippen LogP contribution is 2.42. The summed E-state index contributed by atoms with van der Waals surface area (Å²) in [5.41, 5.74) is 2.60. The molecule has 1 unspecified atom stereocenters. The second-order valence-electron chi connectivity index (χ2n) is 6.45. The van der Waals surface area contributed by atoms with Crippen LogP contribution in [0.4, 0.5) is 5.69 Å². The lowest BCUT2D eigenvalue weighted by Gasteiger charge is -2.35. The minimum atomic E-state index is 0.243. The maximum absolute atomic E-state index is 6.33. The zero-order valence-corrected chi connectivity index (χ0v) is 14.5. The van der Waals surface area contributed by atoms with Gasteiger partial charge in [0.1, 0.15) is 0 Å². The van der Waals surface area contributed by atoms with Crippen LogP contribution in [-0.4, -0.2) is 25.2 Å². The first-order valence-corrected chi connectivity index (χ1v) is 8.62. The number of rotatable bonds is 2. The van der Waals surface area contributed by atoms with Crippen molar-refractivity contribution in [2.75, 3.05) is 24.5 Å². The minimum Gasteiger partial charge on any atom is -0.369 e. The van der Waals surface area contributed by atoms with E-state index in [9.17, 15) is 0 Å². The molecule has 2 aliphatic rings. The van der Waals surface area contributed by atoms with E-state index in [1.807, 2.05) is 0 Å². The zero-order chi connectivity index (χ0) is 14.3. The molecule has 1 saturated heterocycles. The van der Waals surface area contributed by atoms with Gasteiger partial charge in [0.15, 0.2) is 0 Å². The Bertz CT molecular complexity index is 515. The molecule has 0 bridgehead atoms. The Morgan fingerprint density at radius 1 is 1.40 bits per heavy atom. The van der Waals surface area contributed by atoms with Gasteiger partial charge in [0.05, 0.1) is 5.69 Å². The average Bonchev–Trinajstić information content (AvgIpc) is 3.21. The van der Waals surface area contributed by atoms with Crippen LogP contribution >= 0.6 is 27.5 Å². The highest BCUT2D eigenvalue weighted by atomic mass is 79.9. The molecule has 4 heteroatoms. The zero-order valence-electron chi connectivity index (χ0n) is 12.2. The Hall–Kier alpha value is -0.250. The number of nitrogens with one attached hydrogen (secondary N) is 1. The lowest BCUT2D eigenvalue weighted by Crippen LogP contribution is -2.51. The van der Waals surface area contributed by atoms with Crippen molar-refractivity contribution >= 4 is 33.2 Å². The number of hydrogen-bond acceptors (Lipinski definition) is 2. The standard InChI is InChI=1S/C16H22BrClN2/c1-11-8-13(17)15(9-14(11)18)20-7-3-6-19-16(2,10-20)12-4-5-12/h8-9,12,19H,3-7,10H2,1-2H3. The Labute approximate surface area is 135 Å². The fraction of sp³-hybridized carbons (Fsp3) is 0.625. The van der Waals surface area contributed by atoms with E-state index >= 15 is 0 Å². The van der Waals surface area contributed by atoms with Crippen molar-refractivity contribution in [2.24, 2.45) is 5.92 Å². The third kappa shape index (κ3) is 2.86. The summed E-state index contributed by atoms with van der Waals surface area (Å²) < 4.78 is 1.15. The van der Waals surface area contributed by atoms with E-state index in [0.29, 0.717) is 0 Å². The van der Waals surface area contributed by atoms with Crippen molar-refractivity contribution in [3.05, 3.63) is 27.2 Å². The van der Waals surface area contributed by atoms with Gasteiger partial charge in [0, 0.05) is 28.1 Å². The molecule has 0 amide bonds. The summed E-state index contributed by atoms with van der Waals surface area (Å²) in [5.74, 6) is 0.836. The number of aryl methyl sites for hydroxylation is 1. The van der Waals surface area contributed by atoms with Crippen molar-refractivity contribution in [3.63, 3.8) is 0 Å². The molecule has 110 valence electrons.